The van der Waals surface area contributed by atoms with E-state index >= 15 is 0 Å². The Morgan fingerprint density at radius 1 is 1.05 bits per heavy atom. The molecule has 1 fully saturated rings. The van der Waals surface area contributed by atoms with Crippen molar-refractivity contribution in [2.75, 3.05) is 11.9 Å². The van der Waals surface area contributed by atoms with Gasteiger partial charge in [0.2, 0.25) is 5.91 Å². The lowest BCUT2D eigenvalue weighted by Gasteiger charge is -2.11. The lowest BCUT2D eigenvalue weighted by atomic mass is 9.92. The summed E-state index contributed by atoms with van der Waals surface area (Å²) in [5.74, 6) is 0.592. The van der Waals surface area contributed by atoms with E-state index in [0.29, 0.717) is 5.92 Å². The van der Waals surface area contributed by atoms with Gasteiger partial charge in [-0.05, 0) is 23.6 Å². The first-order valence-electron chi connectivity index (χ1n) is 6.68. The lowest BCUT2D eigenvalue weighted by molar-refractivity contribution is -0.120. The number of anilines is 1. The van der Waals surface area contributed by atoms with Gasteiger partial charge < -0.3 is 4.90 Å². The molecule has 2 nitrogen and oxygen atoms in total. The predicted octanol–water partition coefficient (Wildman–Crippen LogP) is 3.09. The smallest absolute Gasteiger partial charge is 0.238 e. The van der Waals surface area contributed by atoms with E-state index in [2.05, 4.69) is 30.3 Å². The van der Waals surface area contributed by atoms with Crippen LogP contribution in [0.25, 0.3) is 0 Å². The molecular formula is C17H15NO. The molecule has 2 aliphatic rings. The van der Waals surface area contributed by atoms with Crippen LogP contribution < -0.4 is 4.90 Å². The number of amides is 1. The maximum absolute atomic E-state index is 12.7. The third-order valence-electron chi connectivity index (χ3n) is 4.60. The van der Waals surface area contributed by atoms with Crippen LogP contribution in [0.15, 0.2) is 54.6 Å². The van der Waals surface area contributed by atoms with Crippen molar-refractivity contribution in [3.8, 4) is 0 Å². The molecule has 0 saturated heterocycles. The Bertz CT molecular complexity index is 664. The summed E-state index contributed by atoms with van der Waals surface area (Å²) in [5.41, 5.74) is 3.27. The molecule has 1 aliphatic heterocycles. The van der Waals surface area contributed by atoms with Crippen LogP contribution in [0.4, 0.5) is 5.69 Å². The predicted molar refractivity (Wildman–Crippen MR) is 75.3 cm³/mol. The summed E-state index contributed by atoms with van der Waals surface area (Å²) in [6.07, 6.45) is 0.942. The summed E-state index contributed by atoms with van der Waals surface area (Å²) in [6, 6.07) is 18.6. The second kappa shape index (κ2) is 3.47. The zero-order chi connectivity index (χ0) is 13.0. The number of para-hydroxylation sites is 1. The number of benzene rings is 2. The molecule has 4 rings (SSSR count). The summed E-state index contributed by atoms with van der Waals surface area (Å²) < 4.78 is 0. The zero-order valence-electron chi connectivity index (χ0n) is 10.8. The number of hydrogen-bond donors (Lipinski definition) is 0. The lowest BCUT2D eigenvalue weighted by Crippen LogP contribution is -2.29. The van der Waals surface area contributed by atoms with E-state index in [1.807, 2.05) is 36.2 Å². The standard InChI is InChI=1S/C17H15NO/c1-18-15-10-6-5-9-13(15)17(16(18)19)11-14(17)12-7-3-2-4-8-12/h2-10,14H,11H2,1H3/t14-,17-/m0/s1. The molecule has 1 aliphatic carbocycles. The van der Waals surface area contributed by atoms with Gasteiger partial charge in [0.25, 0.3) is 0 Å². The highest BCUT2D eigenvalue weighted by atomic mass is 16.2. The number of rotatable bonds is 1. The molecule has 94 valence electrons. The van der Waals surface area contributed by atoms with E-state index in [4.69, 9.17) is 0 Å². The number of nitrogens with zero attached hydrogens (tertiary/aromatic N) is 1. The van der Waals surface area contributed by atoms with Crippen molar-refractivity contribution in [3.63, 3.8) is 0 Å². The second-order valence-corrected chi connectivity index (χ2v) is 5.52. The van der Waals surface area contributed by atoms with E-state index in [9.17, 15) is 4.79 Å². The van der Waals surface area contributed by atoms with Crippen molar-refractivity contribution in [2.24, 2.45) is 0 Å². The van der Waals surface area contributed by atoms with E-state index < -0.39 is 0 Å². The topological polar surface area (TPSA) is 20.3 Å². The number of hydrogen-bond acceptors (Lipinski definition) is 1. The van der Waals surface area contributed by atoms with Crippen molar-refractivity contribution in [3.05, 3.63) is 65.7 Å². The Balaban J connectivity index is 1.84. The van der Waals surface area contributed by atoms with Gasteiger partial charge in [-0.1, -0.05) is 48.5 Å². The van der Waals surface area contributed by atoms with Crippen molar-refractivity contribution < 1.29 is 4.79 Å². The van der Waals surface area contributed by atoms with Crippen molar-refractivity contribution in [2.45, 2.75) is 17.8 Å². The van der Waals surface area contributed by atoms with Gasteiger partial charge in [0.05, 0.1) is 5.41 Å². The molecule has 1 saturated carbocycles. The minimum absolute atomic E-state index is 0.252. The number of carbonyl (C=O) groups is 1. The van der Waals surface area contributed by atoms with E-state index in [1.54, 1.807) is 0 Å². The molecule has 1 heterocycles. The Hall–Kier alpha value is -2.09. The molecule has 1 amide bonds. The highest BCUT2D eigenvalue weighted by molar-refractivity contribution is 6.11. The van der Waals surface area contributed by atoms with Crippen LogP contribution in [-0.4, -0.2) is 13.0 Å². The first kappa shape index (κ1) is 10.8. The Kier molecular flexibility index (Phi) is 1.97. The van der Waals surface area contributed by atoms with Gasteiger partial charge in [0.1, 0.15) is 0 Å². The van der Waals surface area contributed by atoms with Gasteiger partial charge >= 0.3 is 0 Å². The van der Waals surface area contributed by atoms with Crippen molar-refractivity contribution in [1.29, 1.82) is 0 Å². The number of carbonyl (C=O) groups excluding carboxylic acids is 1. The van der Waals surface area contributed by atoms with E-state index in [0.717, 1.165) is 12.1 Å². The first-order chi connectivity index (χ1) is 9.25. The van der Waals surface area contributed by atoms with Gasteiger partial charge in [0, 0.05) is 18.7 Å². The minimum Gasteiger partial charge on any atom is -0.314 e. The van der Waals surface area contributed by atoms with Gasteiger partial charge in [-0.3, -0.25) is 4.79 Å². The maximum Gasteiger partial charge on any atom is 0.238 e. The first-order valence-corrected chi connectivity index (χ1v) is 6.68. The summed E-state index contributed by atoms with van der Waals surface area (Å²) in [5, 5.41) is 0. The van der Waals surface area contributed by atoms with Crippen LogP contribution in [0.2, 0.25) is 0 Å². The molecule has 0 radical (unpaired) electrons. The monoisotopic (exact) mass is 249 g/mol. The van der Waals surface area contributed by atoms with Gasteiger partial charge in [-0.15, -0.1) is 0 Å². The van der Waals surface area contributed by atoms with Crippen LogP contribution in [-0.2, 0) is 10.2 Å². The molecule has 1 spiro atoms. The highest BCUT2D eigenvalue weighted by Gasteiger charge is 2.66. The van der Waals surface area contributed by atoms with Gasteiger partial charge in [-0.25, -0.2) is 0 Å². The second-order valence-electron chi connectivity index (χ2n) is 5.52. The molecule has 0 bridgehead atoms. The Morgan fingerprint density at radius 3 is 2.53 bits per heavy atom. The van der Waals surface area contributed by atoms with Crippen LogP contribution in [0, 0.1) is 0 Å². The third-order valence-corrected chi connectivity index (χ3v) is 4.60. The normalized spacial score (nSPS) is 27.7. The summed E-state index contributed by atoms with van der Waals surface area (Å²) in [7, 11) is 1.89. The van der Waals surface area contributed by atoms with E-state index in [-0.39, 0.29) is 11.3 Å². The average Bonchev–Trinajstić information content (AvgIpc) is 3.19. The van der Waals surface area contributed by atoms with Gasteiger partial charge in [-0.2, -0.15) is 0 Å². The van der Waals surface area contributed by atoms with Crippen LogP contribution in [0.5, 0.6) is 0 Å². The minimum atomic E-state index is -0.285. The average molecular weight is 249 g/mol. The van der Waals surface area contributed by atoms with Crippen molar-refractivity contribution in [1.82, 2.24) is 0 Å². The largest absolute Gasteiger partial charge is 0.314 e. The molecule has 2 atom stereocenters. The molecule has 0 N–H and O–H groups in total. The summed E-state index contributed by atoms with van der Waals surface area (Å²) >= 11 is 0. The zero-order valence-corrected chi connectivity index (χ0v) is 10.8. The van der Waals surface area contributed by atoms with Crippen molar-refractivity contribution >= 4 is 11.6 Å². The number of fused-ring (bicyclic) bond motifs is 2. The van der Waals surface area contributed by atoms with Crippen LogP contribution >= 0.6 is 0 Å². The quantitative estimate of drug-likeness (QED) is 0.760. The van der Waals surface area contributed by atoms with Crippen LogP contribution in [0.3, 0.4) is 0 Å². The Labute approximate surface area is 112 Å². The number of likely N-dealkylation sites (N-methyl/N-ethyl adjacent to an activating group) is 1. The molecule has 2 aromatic rings. The Morgan fingerprint density at radius 2 is 1.74 bits per heavy atom. The third kappa shape index (κ3) is 1.24. The summed E-state index contributed by atoms with van der Waals surface area (Å²) in [4.78, 5) is 14.5. The van der Waals surface area contributed by atoms with Gasteiger partial charge in [0.15, 0.2) is 0 Å². The SMILES string of the molecule is CN1C(=O)[C@@]2(C[C@H]2c2ccccc2)c2ccccc21. The highest BCUT2D eigenvalue weighted by Crippen LogP contribution is 2.65. The molecule has 2 heteroatoms. The fourth-order valence-corrected chi connectivity index (χ4v) is 3.55. The molecule has 2 aromatic carbocycles. The van der Waals surface area contributed by atoms with E-state index in [1.165, 1.54) is 11.1 Å². The fourth-order valence-electron chi connectivity index (χ4n) is 3.55. The molecular weight excluding hydrogens is 234 g/mol. The molecule has 0 unspecified atom stereocenters. The maximum atomic E-state index is 12.7. The van der Waals surface area contributed by atoms with Crippen LogP contribution in [0.1, 0.15) is 23.5 Å². The summed E-state index contributed by atoms with van der Waals surface area (Å²) in [6.45, 7) is 0. The molecule has 0 aromatic heterocycles. The molecule has 19 heavy (non-hydrogen) atoms. The fraction of sp³-hybridized carbons (Fsp3) is 0.235.